The van der Waals surface area contributed by atoms with E-state index in [0.717, 1.165) is 29.2 Å². The predicted octanol–water partition coefficient (Wildman–Crippen LogP) is 1.77. The molecule has 12 heteroatoms. The lowest BCUT2D eigenvalue weighted by atomic mass is 10.00. The van der Waals surface area contributed by atoms with Crippen LogP contribution in [0.2, 0.25) is 5.02 Å². The number of carbonyl (C=O) groups excluding carboxylic acids is 2. The summed E-state index contributed by atoms with van der Waals surface area (Å²) in [5, 5.41) is 14.5. The Balaban J connectivity index is 1.50. The van der Waals surface area contributed by atoms with Gasteiger partial charge < -0.3 is 27.2 Å². The molecule has 1 saturated heterocycles. The molecule has 2 aliphatic rings. The van der Waals surface area contributed by atoms with Crippen molar-refractivity contribution in [1.82, 2.24) is 10.2 Å². The van der Waals surface area contributed by atoms with E-state index in [1.165, 1.54) is 12.1 Å². The highest BCUT2D eigenvalue weighted by atomic mass is 35.5. The van der Waals surface area contributed by atoms with Gasteiger partial charge >= 0.3 is 17.8 Å². The Hall–Kier alpha value is -3.70. The maximum absolute atomic E-state index is 13.7. The molecule has 196 valence electrons. The van der Waals surface area contributed by atoms with Crippen molar-refractivity contribution in [3.05, 3.63) is 63.9 Å². The van der Waals surface area contributed by atoms with E-state index in [0.29, 0.717) is 25.9 Å². The number of carboxylic acid groups (broad SMARTS) is 1. The first-order valence-corrected chi connectivity index (χ1v) is 12.2. The molecule has 1 heterocycles. The van der Waals surface area contributed by atoms with Crippen molar-refractivity contribution >= 4 is 41.0 Å². The molecule has 1 aliphatic heterocycles. The Bertz CT molecular complexity index is 1250. The molecule has 0 aromatic heterocycles. The van der Waals surface area contributed by atoms with Gasteiger partial charge in [-0.05, 0) is 60.7 Å². The van der Waals surface area contributed by atoms with Gasteiger partial charge in [-0.15, -0.1) is 0 Å². The number of carboxylic acids is 1. The summed E-state index contributed by atoms with van der Waals surface area (Å²) < 4.78 is 13.7. The van der Waals surface area contributed by atoms with Crippen LogP contribution in [-0.4, -0.2) is 52.9 Å². The van der Waals surface area contributed by atoms with Crippen LogP contribution in [0.15, 0.2) is 41.4 Å². The number of halogens is 2. The minimum atomic E-state index is -0.957. The number of nitrogens with two attached hydrogens (primary N) is 2. The van der Waals surface area contributed by atoms with Crippen LogP contribution in [0, 0.1) is 11.7 Å². The normalized spacial score (nSPS) is 20.8. The van der Waals surface area contributed by atoms with Gasteiger partial charge in [0.2, 0.25) is 0 Å². The lowest BCUT2D eigenvalue weighted by molar-refractivity contribution is -0.142. The number of anilines is 1. The monoisotopic (exact) mass is 530 g/mol. The highest BCUT2D eigenvalue weighted by Crippen LogP contribution is 2.37. The van der Waals surface area contributed by atoms with Gasteiger partial charge in [0.15, 0.2) is 5.96 Å². The number of amides is 2. The number of rotatable bonds is 7. The molecule has 4 rings (SSSR count). The number of benzene rings is 2. The van der Waals surface area contributed by atoms with Crippen molar-refractivity contribution in [2.24, 2.45) is 22.4 Å². The molecule has 0 spiro atoms. The van der Waals surface area contributed by atoms with Crippen molar-refractivity contribution in [3.63, 3.8) is 0 Å². The van der Waals surface area contributed by atoms with Gasteiger partial charge in [0.1, 0.15) is 11.9 Å². The third-order valence-corrected chi connectivity index (χ3v) is 7.02. The Labute approximate surface area is 217 Å². The number of hydrogen-bond donors (Lipinski definition) is 5. The smallest absolute Gasteiger partial charge is 0.320 e. The number of aliphatic carboxylic acids is 1. The second-order valence-corrected chi connectivity index (χ2v) is 9.67. The zero-order valence-corrected chi connectivity index (χ0v) is 20.7. The van der Waals surface area contributed by atoms with Crippen LogP contribution in [-0.2, 0) is 27.3 Å². The van der Waals surface area contributed by atoms with Gasteiger partial charge in [0.25, 0.3) is 0 Å². The number of hydrogen-bond acceptors (Lipinski definition) is 5. The van der Waals surface area contributed by atoms with Crippen LogP contribution in [0.1, 0.15) is 35.6 Å². The van der Waals surface area contributed by atoms with Gasteiger partial charge in [-0.3, -0.25) is 24.3 Å². The maximum Gasteiger partial charge on any atom is 0.320 e. The van der Waals surface area contributed by atoms with E-state index in [1.807, 2.05) is 23.1 Å². The van der Waals surface area contributed by atoms with Crippen molar-refractivity contribution < 1.29 is 23.9 Å². The summed E-state index contributed by atoms with van der Waals surface area (Å²) in [7, 11) is 0. The molecule has 0 unspecified atom stereocenters. The van der Waals surface area contributed by atoms with Gasteiger partial charge in [-0.25, -0.2) is 4.39 Å². The summed E-state index contributed by atoms with van der Waals surface area (Å²) in [6.45, 7) is 1.45. The van der Waals surface area contributed by atoms with E-state index in [9.17, 15) is 23.9 Å². The first kappa shape index (κ1) is 26.4. The van der Waals surface area contributed by atoms with E-state index in [2.05, 4.69) is 15.6 Å². The van der Waals surface area contributed by atoms with Crippen molar-refractivity contribution in [2.45, 2.75) is 37.9 Å². The first-order chi connectivity index (χ1) is 17.6. The number of likely N-dealkylation sites (tertiary alicyclic amines) is 1. The quantitative estimate of drug-likeness (QED) is 0.207. The van der Waals surface area contributed by atoms with Crippen LogP contribution in [0.3, 0.4) is 0 Å². The second kappa shape index (κ2) is 11.1. The number of nitrogens with one attached hydrogen (secondary N) is 2. The molecule has 2 amide bonds. The third-order valence-electron chi connectivity index (χ3n) is 6.71. The minimum Gasteiger partial charge on any atom is -0.480 e. The average molecular weight is 531 g/mol. The second-order valence-electron chi connectivity index (χ2n) is 9.26. The number of carbonyl (C=O) groups is 3. The molecule has 2 aromatic carbocycles. The Morgan fingerprint density at radius 2 is 1.95 bits per heavy atom. The van der Waals surface area contributed by atoms with E-state index < -0.39 is 35.7 Å². The fourth-order valence-electron chi connectivity index (χ4n) is 4.98. The highest BCUT2D eigenvalue weighted by Gasteiger charge is 2.36. The number of aliphatic imine (C=N–C) groups is 1. The number of guanidine groups is 1. The molecular weight excluding hydrogens is 503 g/mol. The number of nitrogens with zero attached hydrogens (tertiary/aromatic N) is 2. The van der Waals surface area contributed by atoms with Gasteiger partial charge in [0, 0.05) is 24.7 Å². The molecule has 0 saturated carbocycles. The van der Waals surface area contributed by atoms with Crippen molar-refractivity contribution in [1.29, 1.82) is 0 Å². The van der Waals surface area contributed by atoms with Crippen molar-refractivity contribution in [2.75, 3.05) is 18.4 Å². The van der Waals surface area contributed by atoms with Crippen LogP contribution in [0.25, 0.3) is 0 Å². The lowest BCUT2D eigenvalue weighted by Gasteiger charge is -2.22. The summed E-state index contributed by atoms with van der Waals surface area (Å²) in [5.41, 5.74) is 13.9. The Kier molecular flexibility index (Phi) is 7.94. The van der Waals surface area contributed by atoms with Crippen LogP contribution >= 0.6 is 11.6 Å². The first-order valence-electron chi connectivity index (χ1n) is 11.8. The van der Waals surface area contributed by atoms with E-state index in [-0.39, 0.29) is 29.1 Å². The molecule has 10 nitrogen and oxygen atoms in total. The predicted molar refractivity (Wildman–Crippen MR) is 136 cm³/mol. The molecule has 0 bridgehead atoms. The summed E-state index contributed by atoms with van der Waals surface area (Å²) in [5.74, 6) is -3.69. The maximum atomic E-state index is 13.7. The molecule has 0 radical (unpaired) electrons. The topological polar surface area (TPSA) is 163 Å². The van der Waals surface area contributed by atoms with Crippen LogP contribution in [0.4, 0.5) is 10.1 Å². The standard InChI is InChI=1S/C25H28ClFN6O4/c26-18-6-4-16(10-19(18)27)31-22(34)23(35)32-21-15(11-30-25(28)29)9-14-8-13(3-5-17(14)21)12-33-7-1-2-20(33)24(36)37/h3-6,8,10,15,20-21H,1-2,7,9,11-12H2,(H,31,34)(H,32,35)(H,36,37)(H4,28,29,30)/t15-,20-,21-/m1/s1. The van der Waals surface area contributed by atoms with E-state index >= 15 is 0 Å². The van der Waals surface area contributed by atoms with Gasteiger partial charge in [-0.1, -0.05) is 29.8 Å². The largest absolute Gasteiger partial charge is 0.480 e. The Morgan fingerprint density at radius 3 is 2.65 bits per heavy atom. The zero-order valence-electron chi connectivity index (χ0n) is 19.9. The third kappa shape index (κ3) is 6.17. The minimum absolute atomic E-state index is 0.0852. The summed E-state index contributed by atoms with van der Waals surface area (Å²) in [6.07, 6.45) is 2.01. The molecule has 1 aliphatic carbocycles. The molecule has 7 N–H and O–H groups in total. The fraction of sp³-hybridized carbons (Fsp3) is 0.360. The molecule has 2 aromatic rings. The summed E-state index contributed by atoms with van der Waals surface area (Å²) in [6, 6.07) is 8.43. The van der Waals surface area contributed by atoms with Gasteiger partial charge in [0.05, 0.1) is 11.1 Å². The molecule has 1 fully saturated rings. The number of fused-ring (bicyclic) bond motifs is 1. The molecular formula is C25H28ClFN6O4. The van der Waals surface area contributed by atoms with Crippen molar-refractivity contribution in [3.8, 4) is 0 Å². The zero-order chi connectivity index (χ0) is 26.7. The van der Waals surface area contributed by atoms with E-state index in [4.69, 9.17) is 23.1 Å². The van der Waals surface area contributed by atoms with Crippen LogP contribution < -0.4 is 22.1 Å². The summed E-state index contributed by atoms with van der Waals surface area (Å²) in [4.78, 5) is 42.9. The average Bonchev–Trinajstić information content (AvgIpc) is 3.44. The fourth-order valence-corrected chi connectivity index (χ4v) is 5.10. The Morgan fingerprint density at radius 1 is 1.16 bits per heavy atom. The molecule has 37 heavy (non-hydrogen) atoms. The lowest BCUT2D eigenvalue weighted by Crippen LogP contribution is -2.40. The van der Waals surface area contributed by atoms with E-state index in [1.54, 1.807) is 0 Å². The molecule has 3 atom stereocenters. The van der Waals surface area contributed by atoms with Gasteiger partial charge in [-0.2, -0.15) is 0 Å². The summed E-state index contributed by atoms with van der Waals surface area (Å²) >= 11 is 5.66. The van der Waals surface area contributed by atoms with Crippen LogP contribution in [0.5, 0.6) is 0 Å². The SMILES string of the molecule is NC(N)=NC[C@H]1Cc2cc(CN3CCC[C@@H]3C(=O)O)ccc2[C@@H]1NC(=O)C(=O)Nc1ccc(Cl)c(F)c1. The highest BCUT2D eigenvalue weighted by molar-refractivity contribution is 6.39.